The van der Waals surface area contributed by atoms with Crippen molar-refractivity contribution in [2.45, 2.75) is 6.92 Å². The first-order valence-corrected chi connectivity index (χ1v) is 6.16. The van der Waals surface area contributed by atoms with Gasteiger partial charge < -0.3 is 14.5 Å². The Hall–Kier alpha value is -2.42. The summed E-state index contributed by atoms with van der Waals surface area (Å²) in [6.07, 6.45) is 1.88. The zero-order valence-electron chi connectivity index (χ0n) is 10.9. The summed E-state index contributed by atoms with van der Waals surface area (Å²) in [6, 6.07) is 13.8. The van der Waals surface area contributed by atoms with E-state index in [1.54, 1.807) is 7.11 Å². The number of benzene rings is 2. The van der Waals surface area contributed by atoms with Gasteiger partial charge in [-0.3, -0.25) is 0 Å². The summed E-state index contributed by atoms with van der Waals surface area (Å²) in [7, 11) is 1.65. The van der Waals surface area contributed by atoms with Crippen LogP contribution < -0.4 is 9.47 Å². The number of ether oxygens (including phenoxy) is 2. The number of hydrogen-bond donors (Lipinski definition) is 1. The summed E-state index contributed by atoms with van der Waals surface area (Å²) in [6.45, 7) is 2.07. The minimum Gasteiger partial charge on any atom is -0.497 e. The molecule has 0 spiro atoms. The minimum absolute atomic E-state index is 0.766. The summed E-state index contributed by atoms with van der Waals surface area (Å²) in [5, 5.41) is 1.09. The molecule has 0 radical (unpaired) electrons. The Bertz CT molecular complexity index is 716. The van der Waals surface area contributed by atoms with Crippen LogP contribution in [0.4, 0.5) is 0 Å². The molecule has 3 rings (SSSR count). The van der Waals surface area contributed by atoms with Gasteiger partial charge >= 0.3 is 0 Å². The molecule has 0 bridgehead atoms. The van der Waals surface area contributed by atoms with Crippen molar-refractivity contribution >= 4 is 10.9 Å². The molecule has 1 aromatic heterocycles. The van der Waals surface area contributed by atoms with E-state index in [9.17, 15) is 0 Å². The van der Waals surface area contributed by atoms with Crippen molar-refractivity contribution in [3.63, 3.8) is 0 Å². The van der Waals surface area contributed by atoms with E-state index in [0.717, 1.165) is 28.2 Å². The van der Waals surface area contributed by atoms with Crippen molar-refractivity contribution < 1.29 is 9.47 Å². The third kappa shape index (κ3) is 2.27. The summed E-state index contributed by atoms with van der Waals surface area (Å²) < 4.78 is 11.1. The maximum Gasteiger partial charge on any atom is 0.152 e. The van der Waals surface area contributed by atoms with Crippen LogP contribution in [0.15, 0.2) is 48.7 Å². The predicted molar refractivity (Wildman–Crippen MR) is 76.1 cm³/mol. The second kappa shape index (κ2) is 4.69. The van der Waals surface area contributed by atoms with E-state index in [2.05, 4.69) is 30.1 Å². The Morgan fingerprint density at radius 2 is 1.84 bits per heavy atom. The second-order valence-electron chi connectivity index (χ2n) is 4.48. The molecule has 0 aliphatic heterocycles. The standard InChI is InChI=1S/C16H15NO2/c1-11-6-7-15-14(8-11)16(10-17-15)19-13-5-3-4-12(9-13)18-2/h3-10,17H,1-2H3. The topological polar surface area (TPSA) is 34.2 Å². The Morgan fingerprint density at radius 3 is 2.68 bits per heavy atom. The quantitative estimate of drug-likeness (QED) is 0.756. The molecule has 1 heterocycles. The maximum atomic E-state index is 5.92. The number of aromatic amines is 1. The molecule has 0 aliphatic carbocycles. The Labute approximate surface area is 111 Å². The molecule has 0 unspecified atom stereocenters. The largest absolute Gasteiger partial charge is 0.497 e. The lowest BCUT2D eigenvalue weighted by Crippen LogP contribution is -1.86. The average Bonchev–Trinajstić information content (AvgIpc) is 2.81. The van der Waals surface area contributed by atoms with Crippen LogP contribution in [0.25, 0.3) is 10.9 Å². The van der Waals surface area contributed by atoms with Gasteiger partial charge in [0, 0.05) is 23.2 Å². The van der Waals surface area contributed by atoms with E-state index in [1.165, 1.54) is 5.56 Å². The van der Waals surface area contributed by atoms with Gasteiger partial charge in [-0.2, -0.15) is 0 Å². The molecule has 0 atom stereocenters. The fraction of sp³-hybridized carbons (Fsp3) is 0.125. The van der Waals surface area contributed by atoms with Gasteiger partial charge in [0.1, 0.15) is 11.5 Å². The van der Waals surface area contributed by atoms with E-state index < -0.39 is 0 Å². The summed E-state index contributed by atoms with van der Waals surface area (Å²) in [4.78, 5) is 3.21. The normalized spacial score (nSPS) is 10.6. The molecule has 0 saturated carbocycles. The van der Waals surface area contributed by atoms with Gasteiger partial charge in [-0.1, -0.05) is 17.7 Å². The molecule has 0 fully saturated rings. The van der Waals surface area contributed by atoms with Gasteiger partial charge in [0.25, 0.3) is 0 Å². The van der Waals surface area contributed by atoms with E-state index in [4.69, 9.17) is 9.47 Å². The molecule has 0 amide bonds. The van der Waals surface area contributed by atoms with E-state index in [-0.39, 0.29) is 0 Å². The highest BCUT2D eigenvalue weighted by Crippen LogP contribution is 2.31. The van der Waals surface area contributed by atoms with E-state index >= 15 is 0 Å². The number of methoxy groups -OCH3 is 1. The van der Waals surface area contributed by atoms with Crippen molar-refractivity contribution in [3.8, 4) is 17.2 Å². The van der Waals surface area contributed by atoms with E-state index in [0.29, 0.717) is 0 Å². The summed E-state index contributed by atoms with van der Waals surface area (Å²) in [5.74, 6) is 2.38. The number of hydrogen-bond acceptors (Lipinski definition) is 2. The van der Waals surface area contributed by atoms with Gasteiger partial charge in [0.15, 0.2) is 5.75 Å². The SMILES string of the molecule is COc1cccc(Oc2c[nH]c3ccc(C)cc23)c1. The highest BCUT2D eigenvalue weighted by Gasteiger charge is 2.06. The molecule has 19 heavy (non-hydrogen) atoms. The molecule has 2 aromatic carbocycles. The number of rotatable bonds is 3. The molecule has 1 N–H and O–H groups in total. The second-order valence-corrected chi connectivity index (χ2v) is 4.48. The van der Waals surface area contributed by atoms with Crippen molar-refractivity contribution in [3.05, 3.63) is 54.2 Å². The van der Waals surface area contributed by atoms with Crippen LogP contribution >= 0.6 is 0 Å². The van der Waals surface area contributed by atoms with Gasteiger partial charge in [0.05, 0.1) is 7.11 Å². The van der Waals surface area contributed by atoms with Crippen LogP contribution in [-0.2, 0) is 0 Å². The lowest BCUT2D eigenvalue weighted by molar-refractivity contribution is 0.409. The molecule has 3 aromatic rings. The zero-order chi connectivity index (χ0) is 13.2. The fourth-order valence-corrected chi connectivity index (χ4v) is 2.08. The molecular weight excluding hydrogens is 238 g/mol. The van der Waals surface area contributed by atoms with Crippen LogP contribution in [0.2, 0.25) is 0 Å². The number of H-pyrrole nitrogens is 1. The molecule has 0 aliphatic rings. The summed E-state index contributed by atoms with van der Waals surface area (Å²) >= 11 is 0. The molecule has 3 heteroatoms. The molecule has 3 nitrogen and oxygen atoms in total. The highest BCUT2D eigenvalue weighted by molar-refractivity contribution is 5.87. The smallest absolute Gasteiger partial charge is 0.152 e. The van der Waals surface area contributed by atoms with Crippen molar-refractivity contribution in [1.29, 1.82) is 0 Å². The van der Waals surface area contributed by atoms with Crippen LogP contribution in [-0.4, -0.2) is 12.1 Å². The van der Waals surface area contributed by atoms with Crippen LogP contribution in [0.1, 0.15) is 5.56 Å². The first-order chi connectivity index (χ1) is 9.26. The van der Waals surface area contributed by atoms with Gasteiger partial charge in [-0.05, 0) is 31.2 Å². The van der Waals surface area contributed by atoms with Gasteiger partial charge in [-0.25, -0.2) is 0 Å². The Kier molecular flexibility index (Phi) is 2.88. The predicted octanol–water partition coefficient (Wildman–Crippen LogP) is 4.28. The Morgan fingerprint density at radius 1 is 1.00 bits per heavy atom. The fourth-order valence-electron chi connectivity index (χ4n) is 2.08. The Balaban J connectivity index is 1.98. The van der Waals surface area contributed by atoms with Crippen molar-refractivity contribution in [1.82, 2.24) is 4.98 Å². The first-order valence-electron chi connectivity index (χ1n) is 6.16. The molecule has 0 saturated heterocycles. The number of aryl methyl sites for hydroxylation is 1. The monoisotopic (exact) mass is 253 g/mol. The zero-order valence-corrected chi connectivity index (χ0v) is 10.9. The highest BCUT2D eigenvalue weighted by atomic mass is 16.5. The van der Waals surface area contributed by atoms with Crippen molar-refractivity contribution in [2.75, 3.05) is 7.11 Å². The molecular formula is C16H15NO2. The first kappa shape index (κ1) is 11.7. The lowest BCUT2D eigenvalue weighted by Gasteiger charge is -2.06. The van der Waals surface area contributed by atoms with Gasteiger partial charge in [0.2, 0.25) is 0 Å². The van der Waals surface area contributed by atoms with Gasteiger partial charge in [-0.15, -0.1) is 0 Å². The summed E-state index contributed by atoms with van der Waals surface area (Å²) in [5.41, 5.74) is 2.28. The third-order valence-corrected chi connectivity index (χ3v) is 3.07. The van der Waals surface area contributed by atoms with Crippen LogP contribution in [0.5, 0.6) is 17.2 Å². The minimum atomic E-state index is 0.766. The maximum absolute atomic E-state index is 5.92. The van der Waals surface area contributed by atoms with E-state index in [1.807, 2.05) is 30.5 Å². The number of nitrogens with one attached hydrogen (secondary N) is 1. The average molecular weight is 253 g/mol. The van der Waals surface area contributed by atoms with Crippen LogP contribution in [0, 0.1) is 6.92 Å². The number of fused-ring (bicyclic) bond motifs is 1. The lowest BCUT2D eigenvalue weighted by atomic mass is 10.2. The number of aromatic nitrogens is 1. The van der Waals surface area contributed by atoms with Crippen LogP contribution in [0.3, 0.4) is 0 Å². The molecule has 96 valence electrons. The third-order valence-electron chi connectivity index (χ3n) is 3.07. The van der Waals surface area contributed by atoms with Crippen molar-refractivity contribution in [2.24, 2.45) is 0 Å².